The van der Waals surface area contributed by atoms with Gasteiger partial charge in [0, 0.05) is 31.4 Å². The highest BCUT2D eigenvalue weighted by Crippen LogP contribution is 2.20. The lowest BCUT2D eigenvalue weighted by Gasteiger charge is -2.19. The molecule has 2 amide bonds. The maximum absolute atomic E-state index is 12.6. The van der Waals surface area contributed by atoms with Gasteiger partial charge in [-0.15, -0.1) is 0 Å². The average Bonchev–Trinajstić information content (AvgIpc) is 2.79. The van der Waals surface area contributed by atoms with Gasteiger partial charge in [-0.2, -0.15) is 0 Å². The summed E-state index contributed by atoms with van der Waals surface area (Å²) in [6.45, 7) is 1.53. The molecule has 160 valence electrons. The minimum absolute atomic E-state index is 0.0807. The SMILES string of the molecule is CN(C)CCN(C)C(=O)Cc1ccc(NC(=O)c2ccc(-c3ccccc3)cc2)cc1. The third kappa shape index (κ3) is 6.52. The molecule has 0 aromatic heterocycles. The number of nitrogens with zero attached hydrogens (tertiary/aromatic N) is 2. The maximum atomic E-state index is 12.6. The summed E-state index contributed by atoms with van der Waals surface area (Å²) in [6.07, 6.45) is 0.346. The maximum Gasteiger partial charge on any atom is 0.255 e. The van der Waals surface area contributed by atoms with Crippen LogP contribution in [0.1, 0.15) is 15.9 Å². The van der Waals surface area contributed by atoms with Crippen molar-refractivity contribution in [1.29, 1.82) is 0 Å². The molecule has 3 rings (SSSR count). The van der Waals surface area contributed by atoms with E-state index < -0.39 is 0 Å². The first kappa shape index (κ1) is 22.2. The Bertz CT molecular complexity index is 997. The molecule has 3 aromatic carbocycles. The van der Waals surface area contributed by atoms with Crippen molar-refractivity contribution in [2.75, 3.05) is 39.5 Å². The second kappa shape index (κ2) is 10.5. The van der Waals surface area contributed by atoms with Crippen LogP contribution in [0.5, 0.6) is 0 Å². The zero-order chi connectivity index (χ0) is 22.2. The number of amides is 2. The average molecular weight is 416 g/mol. The number of carbonyl (C=O) groups excluding carboxylic acids is 2. The molecular formula is C26H29N3O2. The Morgan fingerprint density at radius 1 is 0.742 bits per heavy atom. The van der Waals surface area contributed by atoms with E-state index in [2.05, 4.69) is 10.2 Å². The fraction of sp³-hybridized carbons (Fsp3) is 0.231. The van der Waals surface area contributed by atoms with E-state index in [-0.39, 0.29) is 11.8 Å². The molecule has 0 spiro atoms. The number of rotatable bonds is 8. The van der Waals surface area contributed by atoms with Crippen molar-refractivity contribution in [2.24, 2.45) is 0 Å². The predicted octanol–water partition coefficient (Wildman–Crippen LogP) is 4.17. The Balaban J connectivity index is 1.55. The Kier molecular flexibility index (Phi) is 7.57. The summed E-state index contributed by atoms with van der Waals surface area (Å²) in [6, 6.07) is 25.0. The summed E-state index contributed by atoms with van der Waals surface area (Å²) in [7, 11) is 5.80. The Hall–Kier alpha value is -3.44. The summed E-state index contributed by atoms with van der Waals surface area (Å²) in [5, 5.41) is 2.91. The highest BCUT2D eigenvalue weighted by molar-refractivity contribution is 6.04. The largest absolute Gasteiger partial charge is 0.344 e. The van der Waals surface area contributed by atoms with E-state index in [1.807, 2.05) is 100 Å². The van der Waals surface area contributed by atoms with Gasteiger partial charge < -0.3 is 15.1 Å². The van der Waals surface area contributed by atoms with Crippen LogP contribution in [0.3, 0.4) is 0 Å². The molecule has 5 nitrogen and oxygen atoms in total. The van der Waals surface area contributed by atoms with Crippen LogP contribution in [0.4, 0.5) is 5.69 Å². The van der Waals surface area contributed by atoms with Crippen molar-refractivity contribution < 1.29 is 9.59 Å². The molecule has 0 saturated carbocycles. The van der Waals surface area contributed by atoms with Gasteiger partial charge in [0.25, 0.3) is 5.91 Å². The van der Waals surface area contributed by atoms with E-state index in [0.29, 0.717) is 24.2 Å². The lowest BCUT2D eigenvalue weighted by atomic mass is 10.0. The van der Waals surface area contributed by atoms with Gasteiger partial charge in [0.15, 0.2) is 0 Å². The van der Waals surface area contributed by atoms with Crippen molar-refractivity contribution in [2.45, 2.75) is 6.42 Å². The number of nitrogens with one attached hydrogen (secondary N) is 1. The van der Waals surface area contributed by atoms with Crippen LogP contribution in [0.25, 0.3) is 11.1 Å². The Morgan fingerprint density at radius 3 is 1.97 bits per heavy atom. The third-order valence-electron chi connectivity index (χ3n) is 5.13. The summed E-state index contributed by atoms with van der Waals surface area (Å²) in [5.41, 5.74) is 4.41. The second-order valence-corrected chi connectivity index (χ2v) is 7.89. The molecule has 0 fully saturated rings. The van der Waals surface area contributed by atoms with Crippen LogP contribution in [0, 0.1) is 0 Å². The molecule has 0 aliphatic heterocycles. The molecule has 0 heterocycles. The van der Waals surface area contributed by atoms with E-state index >= 15 is 0 Å². The summed E-state index contributed by atoms with van der Waals surface area (Å²) in [5.74, 6) is -0.0796. The van der Waals surface area contributed by atoms with Gasteiger partial charge in [0.1, 0.15) is 0 Å². The van der Waals surface area contributed by atoms with Gasteiger partial charge >= 0.3 is 0 Å². The number of hydrogen-bond acceptors (Lipinski definition) is 3. The number of likely N-dealkylation sites (N-methyl/N-ethyl adjacent to an activating group) is 2. The van der Waals surface area contributed by atoms with Crippen LogP contribution < -0.4 is 5.32 Å². The lowest BCUT2D eigenvalue weighted by Crippen LogP contribution is -2.34. The van der Waals surface area contributed by atoms with Crippen LogP contribution in [-0.4, -0.2) is 55.8 Å². The summed E-state index contributed by atoms with van der Waals surface area (Å²) < 4.78 is 0. The van der Waals surface area contributed by atoms with Crippen molar-refractivity contribution in [3.63, 3.8) is 0 Å². The van der Waals surface area contributed by atoms with Gasteiger partial charge in [-0.3, -0.25) is 9.59 Å². The first-order valence-corrected chi connectivity index (χ1v) is 10.4. The van der Waals surface area contributed by atoms with Gasteiger partial charge in [-0.05, 0) is 55.1 Å². The number of benzene rings is 3. The summed E-state index contributed by atoms with van der Waals surface area (Å²) in [4.78, 5) is 28.7. The van der Waals surface area contributed by atoms with Crippen LogP contribution in [-0.2, 0) is 11.2 Å². The molecule has 0 atom stereocenters. The highest BCUT2D eigenvalue weighted by Gasteiger charge is 2.11. The van der Waals surface area contributed by atoms with Crippen LogP contribution >= 0.6 is 0 Å². The van der Waals surface area contributed by atoms with Gasteiger partial charge in [-0.1, -0.05) is 54.6 Å². The molecule has 0 aliphatic rings. The topological polar surface area (TPSA) is 52.6 Å². The van der Waals surface area contributed by atoms with E-state index in [0.717, 1.165) is 23.2 Å². The van der Waals surface area contributed by atoms with Gasteiger partial charge in [0.2, 0.25) is 5.91 Å². The zero-order valence-electron chi connectivity index (χ0n) is 18.3. The molecule has 1 N–H and O–H groups in total. The predicted molar refractivity (Wildman–Crippen MR) is 126 cm³/mol. The van der Waals surface area contributed by atoms with Crippen molar-refractivity contribution >= 4 is 17.5 Å². The number of anilines is 1. The molecule has 0 unspecified atom stereocenters. The highest BCUT2D eigenvalue weighted by atomic mass is 16.2. The van der Waals surface area contributed by atoms with E-state index in [9.17, 15) is 9.59 Å². The molecule has 0 aliphatic carbocycles. The standard InChI is InChI=1S/C26H29N3O2/c1-28(2)17-18-29(3)25(30)19-20-9-15-24(16-10-20)27-26(31)23-13-11-22(12-14-23)21-7-5-4-6-8-21/h4-16H,17-19H2,1-3H3,(H,27,31). The van der Waals surface area contributed by atoms with Gasteiger partial charge in [-0.25, -0.2) is 0 Å². The molecule has 0 radical (unpaired) electrons. The summed E-state index contributed by atoms with van der Waals surface area (Å²) >= 11 is 0. The quantitative estimate of drug-likeness (QED) is 0.601. The monoisotopic (exact) mass is 415 g/mol. The molecule has 31 heavy (non-hydrogen) atoms. The lowest BCUT2D eigenvalue weighted by molar-refractivity contribution is -0.129. The smallest absolute Gasteiger partial charge is 0.255 e. The van der Waals surface area contributed by atoms with Gasteiger partial charge in [0.05, 0.1) is 6.42 Å². The normalized spacial score (nSPS) is 10.7. The third-order valence-corrected chi connectivity index (χ3v) is 5.13. The van der Waals surface area contributed by atoms with E-state index in [1.54, 1.807) is 4.90 Å². The molecule has 0 bridgehead atoms. The van der Waals surface area contributed by atoms with Crippen molar-refractivity contribution in [1.82, 2.24) is 9.80 Å². The van der Waals surface area contributed by atoms with E-state index in [4.69, 9.17) is 0 Å². The van der Waals surface area contributed by atoms with Crippen LogP contribution in [0.15, 0.2) is 78.9 Å². The van der Waals surface area contributed by atoms with E-state index in [1.165, 1.54) is 0 Å². The number of hydrogen-bond donors (Lipinski definition) is 1. The molecule has 5 heteroatoms. The molecule has 0 saturated heterocycles. The van der Waals surface area contributed by atoms with Crippen molar-refractivity contribution in [3.8, 4) is 11.1 Å². The second-order valence-electron chi connectivity index (χ2n) is 7.89. The fourth-order valence-electron chi connectivity index (χ4n) is 3.14. The molecule has 3 aromatic rings. The minimum atomic E-state index is -0.160. The zero-order valence-corrected chi connectivity index (χ0v) is 18.3. The van der Waals surface area contributed by atoms with Crippen LogP contribution in [0.2, 0.25) is 0 Å². The van der Waals surface area contributed by atoms with Crippen molar-refractivity contribution in [3.05, 3.63) is 90.0 Å². The fourth-order valence-corrected chi connectivity index (χ4v) is 3.14. The molecular weight excluding hydrogens is 386 g/mol. The first-order valence-electron chi connectivity index (χ1n) is 10.4. The number of carbonyl (C=O) groups is 2. The Labute approximate surface area is 184 Å². The minimum Gasteiger partial charge on any atom is -0.344 e. The Morgan fingerprint density at radius 2 is 1.35 bits per heavy atom. The first-order chi connectivity index (χ1) is 14.9.